The lowest BCUT2D eigenvalue weighted by Gasteiger charge is -2.12. The van der Waals surface area contributed by atoms with Crippen molar-refractivity contribution in [2.24, 2.45) is 0 Å². The number of thioether (sulfide) groups is 1. The van der Waals surface area contributed by atoms with E-state index in [0.29, 0.717) is 24.5 Å². The summed E-state index contributed by atoms with van der Waals surface area (Å²) in [6.45, 7) is 2.85. The number of fused-ring (bicyclic) bond motifs is 1. The molecule has 1 aliphatic rings. The molecule has 8 heteroatoms. The van der Waals surface area contributed by atoms with Crippen molar-refractivity contribution in [1.29, 1.82) is 0 Å². The van der Waals surface area contributed by atoms with Crippen molar-refractivity contribution in [3.8, 4) is 0 Å². The fourth-order valence-electron chi connectivity index (χ4n) is 2.81. The van der Waals surface area contributed by atoms with E-state index < -0.39 is 0 Å². The van der Waals surface area contributed by atoms with E-state index in [4.69, 9.17) is 4.74 Å². The van der Waals surface area contributed by atoms with Crippen LogP contribution in [0.2, 0.25) is 0 Å². The van der Waals surface area contributed by atoms with Crippen molar-refractivity contribution in [3.63, 3.8) is 0 Å². The summed E-state index contributed by atoms with van der Waals surface area (Å²) < 4.78 is 6.52. The first kappa shape index (κ1) is 18.5. The highest BCUT2D eigenvalue weighted by molar-refractivity contribution is 7.98. The highest BCUT2D eigenvalue weighted by Gasteiger charge is 2.25. The zero-order valence-electron chi connectivity index (χ0n) is 14.9. The summed E-state index contributed by atoms with van der Waals surface area (Å²) in [6, 6.07) is 7.42. The third-order valence-corrected chi connectivity index (χ3v) is 5.13. The summed E-state index contributed by atoms with van der Waals surface area (Å²) in [5.74, 6) is 1.83. The van der Waals surface area contributed by atoms with Gasteiger partial charge < -0.3 is 15.4 Å². The largest absolute Gasteiger partial charge is 0.383 e. The van der Waals surface area contributed by atoms with Gasteiger partial charge in [-0.05, 0) is 18.6 Å². The van der Waals surface area contributed by atoms with E-state index in [9.17, 15) is 9.59 Å². The van der Waals surface area contributed by atoms with Gasteiger partial charge in [0, 0.05) is 36.3 Å². The Morgan fingerprint density at radius 3 is 2.88 bits per heavy atom. The topological polar surface area (TPSA) is 85.2 Å². The molecule has 0 aliphatic carbocycles. The molecule has 26 heavy (non-hydrogen) atoms. The summed E-state index contributed by atoms with van der Waals surface area (Å²) in [7, 11) is 1.58. The number of aryl methyl sites for hydroxylation is 1. The van der Waals surface area contributed by atoms with Crippen molar-refractivity contribution in [3.05, 3.63) is 46.6 Å². The maximum absolute atomic E-state index is 12.7. The van der Waals surface area contributed by atoms with Gasteiger partial charge in [-0.1, -0.05) is 18.2 Å². The number of benzene rings is 1. The van der Waals surface area contributed by atoms with Gasteiger partial charge in [0.1, 0.15) is 12.4 Å². The van der Waals surface area contributed by atoms with Crippen LogP contribution < -0.4 is 10.6 Å². The van der Waals surface area contributed by atoms with Crippen molar-refractivity contribution in [1.82, 2.24) is 15.1 Å². The van der Waals surface area contributed by atoms with E-state index in [2.05, 4.69) is 15.7 Å². The Morgan fingerprint density at radius 1 is 1.31 bits per heavy atom. The minimum absolute atomic E-state index is 0.0603. The second kappa shape index (κ2) is 8.37. The number of aromatic nitrogens is 2. The molecule has 1 aliphatic heterocycles. The van der Waals surface area contributed by atoms with Gasteiger partial charge in [-0.15, -0.1) is 0 Å². The molecule has 0 saturated heterocycles. The molecule has 3 rings (SSSR count). The van der Waals surface area contributed by atoms with Crippen LogP contribution in [0, 0.1) is 6.92 Å². The number of ether oxygens (including phenoxy) is 1. The molecular weight excluding hydrogens is 352 g/mol. The molecule has 2 amide bonds. The fourth-order valence-corrected chi connectivity index (χ4v) is 3.84. The number of nitrogens with one attached hydrogen (secondary N) is 2. The number of rotatable bonds is 7. The summed E-state index contributed by atoms with van der Waals surface area (Å²) in [6.07, 6.45) is 0. The van der Waals surface area contributed by atoms with Gasteiger partial charge in [-0.2, -0.15) is 16.9 Å². The molecule has 138 valence electrons. The van der Waals surface area contributed by atoms with Gasteiger partial charge >= 0.3 is 0 Å². The van der Waals surface area contributed by atoms with Crippen LogP contribution in [0.25, 0.3) is 0 Å². The molecular formula is C18H22N4O3S. The maximum atomic E-state index is 12.7. The third-order valence-electron chi connectivity index (χ3n) is 4.16. The number of methoxy groups -OCH3 is 1. The smallest absolute Gasteiger partial charge is 0.257 e. The minimum Gasteiger partial charge on any atom is -0.383 e. The minimum atomic E-state index is -0.191. The molecule has 0 atom stereocenters. The predicted octanol–water partition coefficient (Wildman–Crippen LogP) is 1.95. The highest BCUT2D eigenvalue weighted by atomic mass is 32.2. The molecule has 2 N–H and O–H groups in total. The van der Waals surface area contributed by atoms with Crippen molar-refractivity contribution in [2.75, 3.05) is 25.6 Å². The van der Waals surface area contributed by atoms with Gasteiger partial charge in [0.2, 0.25) is 5.91 Å². The normalized spacial score (nSPS) is 12.7. The van der Waals surface area contributed by atoms with E-state index >= 15 is 0 Å². The quantitative estimate of drug-likeness (QED) is 0.724. The number of carbonyl (C=O) groups is 2. The Hall–Kier alpha value is -2.32. The highest BCUT2D eigenvalue weighted by Crippen LogP contribution is 2.34. The molecule has 0 spiro atoms. The molecule has 0 bridgehead atoms. The van der Waals surface area contributed by atoms with Crippen molar-refractivity contribution < 1.29 is 14.3 Å². The van der Waals surface area contributed by atoms with E-state index in [1.165, 1.54) is 0 Å². The number of carbonyl (C=O) groups excluding carboxylic acids is 2. The second-order valence-electron chi connectivity index (χ2n) is 6.04. The lowest BCUT2D eigenvalue weighted by Crippen LogP contribution is -2.31. The summed E-state index contributed by atoms with van der Waals surface area (Å²) in [4.78, 5) is 24.8. The molecule has 0 fully saturated rings. The molecule has 1 aromatic carbocycles. The summed E-state index contributed by atoms with van der Waals surface area (Å²) in [5.41, 5.74) is 3.45. The average Bonchev–Trinajstić information content (AvgIpc) is 3.18. The molecule has 7 nitrogen and oxygen atoms in total. The maximum Gasteiger partial charge on any atom is 0.257 e. The van der Waals surface area contributed by atoms with Crippen LogP contribution in [0.1, 0.15) is 27.2 Å². The monoisotopic (exact) mass is 374 g/mol. The van der Waals surface area contributed by atoms with E-state index in [-0.39, 0.29) is 18.4 Å². The van der Waals surface area contributed by atoms with Crippen molar-refractivity contribution >= 4 is 29.4 Å². The Bertz CT molecular complexity index is 819. The third kappa shape index (κ3) is 4.08. The van der Waals surface area contributed by atoms with E-state index in [0.717, 1.165) is 28.3 Å². The van der Waals surface area contributed by atoms with Gasteiger partial charge in [-0.3, -0.25) is 9.59 Å². The molecule has 2 heterocycles. The van der Waals surface area contributed by atoms with E-state index in [1.807, 2.05) is 25.1 Å². The standard InChI is InChI=1S/C18H22N4O3S/c1-12-5-3-4-6-13(12)18(24)20-17-14-10-26-11-15(14)21-22(17)9-16(23)19-7-8-25-2/h3-6H,7-11H2,1-2H3,(H,19,23)(H,20,24). The zero-order chi connectivity index (χ0) is 18.5. The van der Waals surface area contributed by atoms with Gasteiger partial charge in [-0.25, -0.2) is 4.68 Å². The first-order valence-corrected chi connectivity index (χ1v) is 9.54. The number of anilines is 1. The number of hydrogen-bond donors (Lipinski definition) is 2. The Labute approximate surface area is 156 Å². The molecule has 2 aromatic rings. The van der Waals surface area contributed by atoms with Gasteiger partial charge in [0.25, 0.3) is 5.91 Å². The first-order valence-electron chi connectivity index (χ1n) is 8.39. The Morgan fingerprint density at radius 2 is 2.12 bits per heavy atom. The van der Waals surface area contributed by atoms with Crippen molar-refractivity contribution in [2.45, 2.75) is 25.0 Å². The van der Waals surface area contributed by atoms with Gasteiger partial charge in [0.15, 0.2) is 0 Å². The van der Waals surface area contributed by atoms with Crippen LogP contribution in [-0.4, -0.2) is 41.9 Å². The number of hydrogen-bond acceptors (Lipinski definition) is 5. The number of nitrogens with zero attached hydrogens (tertiary/aromatic N) is 2. The number of amides is 2. The second-order valence-corrected chi connectivity index (χ2v) is 7.02. The van der Waals surface area contributed by atoms with Crippen LogP contribution in [0.15, 0.2) is 24.3 Å². The average molecular weight is 374 g/mol. The molecule has 1 aromatic heterocycles. The Balaban J connectivity index is 1.79. The lowest BCUT2D eigenvalue weighted by molar-refractivity contribution is -0.122. The fraction of sp³-hybridized carbons (Fsp3) is 0.389. The molecule has 0 radical (unpaired) electrons. The molecule has 0 saturated carbocycles. The van der Waals surface area contributed by atoms with Crippen LogP contribution in [0.3, 0.4) is 0 Å². The van der Waals surface area contributed by atoms with Crippen LogP contribution in [-0.2, 0) is 27.6 Å². The predicted molar refractivity (Wildman–Crippen MR) is 101 cm³/mol. The summed E-state index contributed by atoms with van der Waals surface area (Å²) in [5, 5.41) is 10.3. The zero-order valence-corrected chi connectivity index (χ0v) is 15.7. The van der Waals surface area contributed by atoms with Crippen LogP contribution in [0.4, 0.5) is 5.82 Å². The lowest BCUT2D eigenvalue weighted by atomic mass is 10.1. The molecule has 0 unspecified atom stereocenters. The van der Waals surface area contributed by atoms with Crippen LogP contribution in [0.5, 0.6) is 0 Å². The van der Waals surface area contributed by atoms with Gasteiger partial charge in [0.05, 0.1) is 12.3 Å². The Kier molecular flexibility index (Phi) is 5.95. The SMILES string of the molecule is COCCNC(=O)Cn1nc2c(c1NC(=O)c1ccccc1C)CSC2. The summed E-state index contributed by atoms with van der Waals surface area (Å²) >= 11 is 1.75. The van der Waals surface area contributed by atoms with E-state index in [1.54, 1.807) is 29.6 Å². The first-order chi connectivity index (χ1) is 12.6. The van der Waals surface area contributed by atoms with Crippen LogP contribution >= 0.6 is 11.8 Å².